The molecule has 0 aliphatic rings. The highest BCUT2D eigenvalue weighted by molar-refractivity contribution is 5.67. The number of rotatable bonds is 8. The first-order valence-electron chi connectivity index (χ1n) is 7.45. The maximum atomic E-state index is 10.3. The summed E-state index contributed by atoms with van der Waals surface area (Å²) in [6.07, 6.45) is 2.88. The molecule has 22 heavy (non-hydrogen) atoms. The number of aromatic amines is 1. The minimum atomic E-state index is -1.43. The number of hydrogen-bond donors (Lipinski definition) is 3. The summed E-state index contributed by atoms with van der Waals surface area (Å²) in [6, 6.07) is 11.5. The zero-order valence-electron chi connectivity index (χ0n) is 13.1. The van der Waals surface area contributed by atoms with Crippen LogP contribution in [0.5, 0.6) is 5.75 Å². The Morgan fingerprint density at radius 2 is 2.05 bits per heavy atom. The first-order chi connectivity index (χ1) is 10.6. The summed E-state index contributed by atoms with van der Waals surface area (Å²) in [5, 5.41) is 10.3. The smallest absolute Gasteiger partial charge is 0.150 e. The van der Waals surface area contributed by atoms with E-state index >= 15 is 0 Å². The van der Waals surface area contributed by atoms with Crippen molar-refractivity contribution >= 4 is 0 Å². The van der Waals surface area contributed by atoms with Crippen LogP contribution in [-0.4, -0.2) is 35.6 Å². The van der Waals surface area contributed by atoms with Gasteiger partial charge in [-0.2, -0.15) is 0 Å². The summed E-state index contributed by atoms with van der Waals surface area (Å²) in [5.74, 6) is 0.680. The van der Waals surface area contributed by atoms with Crippen LogP contribution in [0.25, 0.3) is 11.3 Å². The topological polar surface area (TPSA) is 80.5 Å². The van der Waals surface area contributed by atoms with E-state index < -0.39 is 5.72 Å². The first kappa shape index (κ1) is 16.5. The molecule has 1 aromatic carbocycles. The summed E-state index contributed by atoms with van der Waals surface area (Å²) >= 11 is 0. The summed E-state index contributed by atoms with van der Waals surface area (Å²) < 4.78 is 11.0. The predicted molar refractivity (Wildman–Crippen MR) is 86.6 cm³/mol. The second-order valence-corrected chi connectivity index (χ2v) is 5.44. The van der Waals surface area contributed by atoms with Crippen LogP contribution < -0.4 is 10.5 Å². The Balaban J connectivity index is 2.05. The summed E-state index contributed by atoms with van der Waals surface area (Å²) in [6.45, 7) is 2.00. The standard InChI is InChI=1S/C17H24N2O3/c1-3-13(21-2)11-17(18,20)12-22-16-9-5-4-7-14(16)15-8-6-10-19-15/h4-10,13,19-20H,3,11-12,18H2,1-2H3. The Morgan fingerprint density at radius 3 is 2.68 bits per heavy atom. The number of nitrogens with two attached hydrogens (primary N) is 1. The molecule has 2 atom stereocenters. The Labute approximate surface area is 131 Å². The largest absolute Gasteiger partial charge is 0.488 e. The third-order valence-electron chi connectivity index (χ3n) is 3.62. The predicted octanol–water partition coefficient (Wildman–Crippen LogP) is 2.52. The molecule has 0 aliphatic heterocycles. The number of nitrogens with one attached hydrogen (secondary N) is 1. The van der Waals surface area contributed by atoms with E-state index in [0.717, 1.165) is 17.7 Å². The zero-order valence-corrected chi connectivity index (χ0v) is 13.1. The summed E-state index contributed by atoms with van der Waals surface area (Å²) in [4.78, 5) is 3.15. The van der Waals surface area contributed by atoms with Gasteiger partial charge in [-0.25, -0.2) is 0 Å². The van der Waals surface area contributed by atoms with Gasteiger partial charge in [0.05, 0.1) is 6.10 Å². The van der Waals surface area contributed by atoms with Crippen molar-refractivity contribution in [3.8, 4) is 17.0 Å². The number of ether oxygens (including phenoxy) is 2. The molecule has 2 rings (SSSR count). The van der Waals surface area contributed by atoms with Crippen LogP contribution in [0.3, 0.4) is 0 Å². The maximum Gasteiger partial charge on any atom is 0.150 e. The fourth-order valence-electron chi connectivity index (χ4n) is 2.36. The van der Waals surface area contributed by atoms with Crippen molar-refractivity contribution in [2.75, 3.05) is 13.7 Å². The molecule has 0 radical (unpaired) electrons. The number of aromatic nitrogens is 1. The second-order valence-electron chi connectivity index (χ2n) is 5.44. The molecule has 5 heteroatoms. The molecule has 0 fully saturated rings. The second kappa shape index (κ2) is 7.45. The van der Waals surface area contributed by atoms with E-state index in [1.807, 2.05) is 49.5 Å². The first-order valence-corrected chi connectivity index (χ1v) is 7.45. The lowest BCUT2D eigenvalue weighted by molar-refractivity contribution is -0.0486. The van der Waals surface area contributed by atoms with Crippen molar-refractivity contribution in [2.24, 2.45) is 5.73 Å². The fraction of sp³-hybridized carbons (Fsp3) is 0.412. The molecule has 0 amide bonds. The minimum absolute atomic E-state index is 0.00455. The summed E-state index contributed by atoms with van der Waals surface area (Å²) in [7, 11) is 1.62. The SMILES string of the molecule is CCC(CC(N)(O)COc1ccccc1-c1ccc[nH]1)OC. The van der Waals surface area contributed by atoms with E-state index in [9.17, 15) is 5.11 Å². The lowest BCUT2D eigenvalue weighted by Gasteiger charge is -2.27. The maximum absolute atomic E-state index is 10.3. The number of H-pyrrole nitrogens is 1. The van der Waals surface area contributed by atoms with Crippen molar-refractivity contribution in [3.63, 3.8) is 0 Å². The van der Waals surface area contributed by atoms with Gasteiger partial charge < -0.3 is 25.3 Å². The monoisotopic (exact) mass is 304 g/mol. The molecule has 0 saturated heterocycles. The van der Waals surface area contributed by atoms with Crippen molar-refractivity contribution < 1.29 is 14.6 Å². The van der Waals surface area contributed by atoms with Crippen LogP contribution in [0.15, 0.2) is 42.6 Å². The molecule has 4 N–H and O–H groups in total. The number of para-hydroxylation sites is 1. The van der Waals surface area contributed by atoms with Gasteiger partial charge in [0.2, 0.25) is 0 Å². The quantitative estimate of drug-likeness (QED) is 0.655. The van der Waals surface area contributed by atoms with Crippen LogP contribution in [0.1, 0.15) is 19.8 Å². The molecular weight excluding hydrogens is 280 g/mol. The Kier molecular flexibility index (Phi) is 5.60. The summed E-state index contributed by atoms with van der Waals surface area (Å²) in [5.41, 5.74) is 6.39. The van der Waals surface area contributed by atoms with Crippen LogP contribution >= 0.6 is 0 Å². The fourth-order valence-corrected chi connectivity index (χ4v) is 2.36. The number of aliphatic hydroxyl groups is 1. The molecule has 2 aromatic rings. The number of hydrogen-bond acceptors (Lipinski definition) is 4. The van der Waals surface area contributed by atoms with Crippen LogP contribution in [0.4, 0.5) is 0 Å². The molecule has 0 aliphatic carbocycles. The van der Waals surface area contributed by atoms with E-state index in [1.165, 1.54) is 0 Å². The van der Waals surface area contributed by atoms with Gasteiger partial charge in [-0.1, -0.05) is 19.1 Å². The van der Waals surface area contributed by atoms with Crippen LogP contribution in [0, 0.1) is 0 Å². The molecule has 0 bridgehead atoms. The van der Waals surface area contributed by atoms with Crippen molar-refractivity contribution in [2.45, 2.75) is 31.6 Å². The highest BCUT2D eigenvalue weighted by atomic mass is 16.5. The minimum Gasteiger partial charge on any atom is -0.488 e. The molecule has 5 nitrogen and oxygen atoms in total. The molecular formula is C17H24N2O3. The van der Waals surface area contributed by atoms with E-state index in [1.54, 1.807) is 7.11 Å². The van der Waals surface area contributed by atoms with Gasteiger partial charge in [-0.15, -0.1) is 0 Å². The van der Waals surface area contributed by atoms with Gasteiger partial charge in [0.25, 0.3) is 0 Å². The molecule has 120 valence electrons. The van der Waals surface area contributed by atoms with Gasteiger partial charge in [-0.3, -0.25) is 0 Å². The molecule has 0 saturated carbocycles. The Morgan fingerprint density at radius 1 is 1.27 bits per heavy atom. The van der Waals surface area contributed by atoms with Crippen LogP contribution in [-0.2, 0) is 4.74 Å². The van der Waals surface area contributed by atoms with Gasteiger partial charge in [0.1, 0.15) is 18.1 Å². The molecule has 2 unspecified atom stereocenters. The van der Waals surface area contributed by atoms with Gasteiger partial charge >= 0.3 is 0 Å². The third-order valence-corrected chi connectivity index (χ3v) is 3.62. The average Bonchev–Trinajstić information content (AvgIpc) is 3.05. The van der Waals surface area contributed by atoms with Crippen molar-refractivity contribution in [3.05, 3.63) is 42.6 Å². The van der Waals surface area contributed by atoms with Gasteiger partial charge in [-0.05, 0) is 30.7 Å². The van der Waals surface area contributed by atoms with E-state index in [0.29, 0.717) is 12.2 Å². The molecule has 1 heterocycles. The van der Waals surface area contributed by atoms with E-state index in [-0.39, 0.29) is 12.7 Å². The lowest BCUT2D eigenvalue weighted by atomic mass is 10.1. The third kappa shape index (κ3) is 4.34. The Hall–Kier alpha value is -1.82. The molecule has 1 aromatic heterocycles. The normalized spacial score (nSPS) is 15.3. The van der Waals surface area contributed by atoms with E-state index in [2.05, 4.69) is 4.98 Å². The average molecular weight is 304 g/mol. The van der Waals surface area contributed by atoms with Gasteiger partial charge in [0.15, 0.2) is 0 Å². The number of methoxy groups -OCH3 is 1. The van der Waals surface area contributed by atoms with Gasteiger partial charge in [0, 0.05) is 31.0 Å². The van der Waals surface area contributed by atoms with Crippen molar-refractivity contribution in [1.29, 1.82) is 0 Å². The lowest BCUT2D eigenvalue weighted by Crippen LogP contribution is -2.48. The zero-order chi connectivity index (χ0) is 16.0. The van der Waals surface area contributed by atoms with E-state index in [4.69, 9.17) is 15.2 Å². The Bertz CT molecular complexity index is 563. The van der Waals surface area contributed by atoms with Crippen LogP contribution in [0.2, 0.25) is 0 Å². The molecule has 0 spiro atoms. The highest BCUT2D eigenvalue weighted by Gasteiger charge is 2.27. The highest BCUT2D eigenvalue weighted by Crippen LogP contribution is 2.29. The van der Waals surface area contributed by atoms with Crippen molar-refractivity contribution in [1.82, 2.24) is 4.98 Å². The number of benzene rings is 1.